The fraction of sp³-hybridized carbons (Fsp3) is 0.895. The first-order chi connectivity index (χ1) is 14.4. The van der Waals surface area contributed by atoms with Crippen molar-refractivity contribution in [1.29, 1.82) is 0 Å². The van der Waals surface area contributed by atoms with E-state index < -0.39 is 30.5 Å². The van der Waals surface area contributed by atoms with Crippen LogP contribution >= 0.6 is 0 Å². The van der Waals surface area contributed by atoms with Crippen molar-refractivity contribution in [1.82, 2.24) is 15.0 Å². The van der Waals surface area contributed by atoms with Crippen LogP contribution in [0.1, 0.15) is 26.5 Å². The van der Waals surface area contributed by atoms with Crippen molar-refractivity contribution in [3.8, 4) is 0 Å². The number of rotatable bonds is 14. The van der Waals surface area contributed by atoms with E-state index in [-0.39, 0.29) is 19.3 Å². The second-order valence-electron chi connectivity index (χ2n) is 7.49. The molecule has 11 heteroatoms. The summed E-state index contributed by atoms with van der Waals surface area (Å²) in [5, 5.41) is 37.1. The Bertz CT molecular complexity index is 586. The van der Waals surface area contributed by atoms with Crippen molar-refractivity contribution < 1.29 is 39.0 Å². The lowest BCUT2D eigenvalue weighted by Gasteiger charge is -2.40. The van der Waals surface area contributed by atoms with Gasteiger partial charge in [0.15, 0.2) is 6.29 Å². The van der Waals surface area contributed by atoms with E-state index in [0.717, 1.165) is 5.69 Å². The molecule has 1 aliphatic rings. The van der Waals surface area contributed by atoms with Crippen LogP contribution in [0.5, 0.6) is 0 Å². The Morgan fingerprint density at radius 3 is 2.50 bits per heavy atom. The van der Waals surface area contributed by atoms with Crippen LogP contribution in [0.2, 0.25) is 0 Å². The van der Waals surface area contributed by atoms with Gasteiger partial charge in [0, 0.05) is 5.92 Å². The molecule has 5 atom stereocenters. The van der Waals surface area contributed by atoms with Crippen molar-refractivity contribution in [3.63, 3.8) is 0 Å². The van der Waals surface area contributed by atoms with E-state index in [1.54, 1.807) is 11.6 Å². The molecule has 0 spiro atoms. The van der Waals surface area contributed by atoms with Crippen molar-refractivity contribution in [2.45, 2.75) is 64.6 Å². The van der Waals surface area contributed by atoms with Gasteiger partial charge in [-0.2, -0.15) is 0 Å². The Kier molecular flexibility index (Phi) is 11.1. The number of nitrogens with zero attached hydrogens (tertiary/aromatic N) is 3. The van der Waals surface area contributed by atoms with Gasteiger partial charge in [-0.15, -0.1) is 5.10 Å². The van der Waals surface area contributed by atoms with Gasteiger partial charge in [-0.05, 0) is 13.8 Å². The van der Waals surface area contributed by atoms with Crippen molar-refractivity contribution >= 4 is 0 Å². The molecule has 11 nitrogen and oxygen atoms in total. The van der Waals surface area contributed by atoms with Crippen LogP contribution in [-0.2, 0) is 36.8 Å². The number of aliphatic hydroxyl groups excluding tert-OH is 3. The molecular formula is C19H35N3O8. The zero-order chi connectivity index (χ0) is 21.9. The lowest BCUT2D eigenvalue weighted by atomic mass is 9.92. The highest BCUT2D eigenvalue weighted by atomic mass is 16.7. The summed E-state index contributed by atoms with van der Waals surface area (Å²) in [7, 11) is 0. The van der Waals surface area contributed by atoms with Crippen LogP contribution in [0.25, 0.3) is 0 Å². The first-order valence-electron chi connectivity index (χ1n) is 10.3. The quantitative estimate of drug-likeness (QED) is 0.324. The van der Waals surface area contributed by atoms with E-state index in [9.17, 15) is 15.3 Å². The number of hydrogen-bond acceptors (Lipinski definition) is 10. The fourth-order valence-corrected chi connectivity index (χ4v) is 2.88. The standard InChI is InChI=1S/C19H35N3O8/c1-13(2)29-12-15-10-22(21-20-15)4-5-26-6-7-27-8-9-28-19-14(3)17(24)18(25)16(11-23)30-19/h10,13-14,16-19,23-25H,4-9,11-12H2,1-3H3. The summed E-state index contributed by atoms with van der Waals surface area (Å²) in [6, 6.07) is 0. The summed E-state index contributed by atoms with van der Waals surface area (Å²) in [5.41, 5.74) is 0.788. The summed E-state index contributed by atoms with van der Waals surface area (Å²) < 4.78 is 29.2. The molecule has 1 aliphatic heterocycles. The van der Waals surface area contributed by atoms with Gasteiger partial charge < -0.3 is 39.0 Å². The first kappa shape index (κ1) is 25.1. The maximum Gasteiger partial charge on any atom is 0.163 e. The molecule has 3 N–H and O–H groups in total. The third-order valence-corrected chi connectivity index (χ3v) is 4.68. The summed E-state index contributed by atoms with van der Waals surface area (Å²) in [4.78, 5) is 0. The predicted octanol–water partition coefficient (Wildman–Crippen LogP) is -0.672. The minimum Gasteiger partial charge on any atom is -0.394 e. The van der Waals surface area contributed by atoms with Crippen LogP contribution in [0.3, 0.4) is 0 Å². The molecular weight excluding hydrogens is 398 g/mol. The van der Waals surface area contributed by atoms with Crippen molar-refractivity contribution in [2.24, 2.45) is 5.92 Å². The Morgan fingerprint density at radius 1 is 1.10 bits per heavy atom. The van der Waals surface area contributed by atoms with Crippen LogP contribution in [0.15, 0.2) is 6.20 Å². The van der Waals surface area contributed by atoms with Crippen LogP contribution in [0, 0.1) is 5.92 Å². The Hall–Kier alpha value is -1.18. The SMILES string of the molecule is CC(C)OCc1cn(CCOCCOCCOC2OC(CO)C(O)C(O)C2C)nn1. The maximum absolute atomic E-state index is 9.99. The lowest BCUT2D eigenvalue weighted by Crippen LogP contribution is -2.55. The molecule has 1 fully saturated rings. The molecule has 0 saturated carbocycles. The van der Waals surface area contributed by atoms with E-state index in [1.807, 2.05) is 20.0 Å². The predicted molar refractivity (Wildman–Crippen MR) is 104 cm³/mol. The molecule has 174 valence electrons. The summed E-state index contributed by atoms with van der Waals surface area (Å²) in [5.74, 6) is -0.416. The van der Waals surface area contributed by atoms with Gasteiger partial charge in [0.25, 0.3) is 0 Å². The number of aromatic nitrogens is 3. The van der Waals surface area contributed by atoms with Crippen LogP contribution in [-0.4, -0.2) is 101 Å². The number of hydrogen-bond donors (Lipinski definition) is 3. The highest BCUT2D eigenvalue weighted by Gasteiger charge is 2.42. The first-order valence-corrected chi connectivity index (χ1v) is 10.3. The van der Waals surface area contributed by atoms with Gasteiger partial charge >= 0.3 is 0 Å². The molecule has 1 saturated heterocycles. The highest BCUT2D eigenvalue weighted by Crippen LogP contribution is 2.26. The Morgan fingerprint density at radius 2 is 1.80 bits per heavy atom. The van der Waals surface area contributed by atoms with E-state index >= 15 is 0 Å². The van der Waals surface area contributed by atoms with E-state index in [4.69, 9.17) is 23.7 Å². The zero-order valence-electron chi connectivity index (χ0n) is 17.9. The largest absolute Gasteiger partial charge is 0.394 e. The molecule has 0 amide bonds. The third-order valence-electron chi connectivity index (χ3n) is 4.68. The van der Waals surface area contributed by atoms with Crippen molar-refractivity contribution in [3.05, 3.63) is 11.9 Å². The van der Waals surface area contributed by atoms with Gasteiger partial charge in [0.2, 0.25) is 0 Å². The molecule has 2 rings (SSSR count). The Labute approximate surface area is 176 Å². The third kappa shape index (κ3) is 8.16. The van der Waals surface area contributed by atoms with Crippen LogP contribution in [0.4, 0.5) is 0 Å². The molecule has 1 aromatic rings. The summed E-state index contributed by atoms with van der Waals surface area (Å²) >= 11 is 0. The lowest BCUT2D eigenvalue weighted by molar-refractivity contribution is -0.284. The summed E-state index contributed by atoms with van der Waals surface area (Å²) in [6.07, 6.45) is -1.72. The van der Waals surface area contributed by atoms with Gasteiger partial charge in [-0.1, -0.05) is 12.1 Å². The summed E-state index contributed by atoms with van der Waals surface area (Å²) in [6.45, 7) is 8.24. The van der Waals surface area contributed by atoms with E-state index in [0.29, 0.717) is 39.6 Å². The van der Waals surface area contributed by atoms with Gasteiger partial charge in [-0.3, -0.25) is 0 Å². The molecule has 0 radical (unpaired) electrons. The average Bonchev–Trinajstić information content (AvgIpc) is 3.18. The average molecular weight is 434 g/mol. The maximum atomic E-state index is 9.99. The van der Waals surface area contributed by atoms with E-state index in [1.165, 1.54) is 0 Å². The minimum absolute atomic E-state index is 0.152. The van der Waals surface area contributed by atoms with Crippen molar-refractivity contribution in [2.75, 3.05) is 39.6 Å². The molecule has 2 heterocycles. The molecule has 0 aromatic carbocycles. The van der Waals surface area contributed by atoms with Gasteiger partial charge in [-0.25, -0.2) is 4.68 Å². The molecule has 0 aliphatic carbocycles. The number of aliphatic hydroxyl groups is 3. The molecule has 5 unspecified atom stereocenters. The second kappa shape index (κ2) is 13.3. The number of ether oxygens (including phenoxy) is 5. The molecule has 0 bridgehead atoms. The zero-order valence-corrected chi connectivity index (χ0v) is 17.9. The highest BCUT2D eigenvalue weighted by molar-refractivity contribution is 4.89. The van der Waals surface area contributed by atoms with Gasteiger partial charge in [0.1, 0.15) is 17.9 Å². The minimum atomic E-state index is -1.13. The topological polar surface area (TPSA) is 138 Å². The van der Waals surface area contributed by atoms with Gasteiger partial charge in [0.05, 0.1) is 71.2 Å². The smallest absolute Gasteiger partial charge is 0.163 e. The molecule has 1 aromatic heterocycles. The molecule has 30 heavy (non-hydrogen) atoms. The monoisotopic (exact) mass is 433 g/mol. The Balaban J connectivity index is 1.48. The van der Waals surface area contributed by atoms with E-state index in [2.05, 4.69) is 10.3 Å². The van der Waals surface area contributed by atoms with Crippen LogP contribution < -0.4 is 0 Å². The second-order valence-corrected chi connectivity index (χ2v) is 7.49. The normalized spacial score (nSPS) is 27.1. The fourth-order valence-electron chi connectivity index (χ4n) is 2.88.